The number of aryl methyl sites for hydroxylation is 2. The number of hydrogen-bond donors (Lipinski definition) is 1. The lowest BCUT2D eigenvalue weighted by atomic mass is 10.2. The predicted octanol–water partition coefficient (Wildman–Crippen LogP) is 8.53. The van der Waals surface area contributed by atoms with Crippen LogP contribution >= 0.6 is 34.3 Å². The third-order valence-electron chi connectivity index (χ3n) is 6.24. The molecule has 0 radical (unpaired) electrons. The van der Waals surface area contributed by atoms with Gasteiger partial charge in [0.05, 0.1) is 5.39 Å². The molecule has 0 aliphatic carbocycles. The zero-order valence-electron chi connectivity index (χ0n) is 22.5. The molecule has 11 heteroatoms. The second-order valence-electron chi connectivity index (χ2n) is 9.34. The number of nitrogens with zero attached hydrogens (tertiary/aromatic N) is 6. The summed E-state index contributed by atoms with van der Waals surface area (Å²) in [5, 5.41) is 5.80. The molecule has 0 fully saturated rings. The third kappa shape index (κ3) is 6.25. The van der Waals surface area contributed by atoms with E-state index in [-0.39, 0.29) is 5.82 Å². The van der Waals surface area contributed by atoms with E-state index >= 15 is 0 Å². The first-order chi connectivity index (χ1) is 20.4. The van der Waals surface area contributed by atoms with Crippen molar-refractivity contribution >= 4 is 60.5 Å². The molecule has 1 aromatic carbocycles. The summed E-state index contributed by atoms with van der Waals surface area (Å²) in [6.07, 6.45) is 6.90. The highest BCUT2D eigenvalue weighted by atomic mass is 35.5. The van der Waals surface area contributed by atoms with E-state index in [0.29, 0.717) is 23.3 Å². The van der Waals surface area contributed by atoms with E-state index in [2.05, 4.69) is 43.2 Å². The molecule has 6 heterocycles. The molecule has 42 heavy (non-hydrogen) atoms. The fraction of sp³-hybridized carbons (Fsp3) is 0.0968. The SMILES string of the molecule is Cc1cc2c(Cl)nc(-c3ccncc3)nc2s1.Cc1cc2c(NCc3ccc(F)cc3)nc(-c3ccncc3)nc2s1. The molecule has 0 atom stereocenters. The maximum absolute atomic E-state index is 13.1. The van der Waals surface area contributed by atoms with Crippen molar-refractivity contribution in [1.29, 1.82) is 0 Å². The van der Waals surface area contributed by atoms with Crippen molar-refractivity contribution in [3.8, 4) is 22.8 Å². The molecule has 0 aliphatic rings. The van der Waals surface area contributed by atoms with Crippen LogP contribution in [-0.4, -0.2) is 29.9 Å². The molecular formula is C31H23ClFN7S2. The Bertz CT molecular complexity index is 1980. The van der Waals surface area contributed by atoms with Crippen molar-refractivity contribution in [2.75, 3.05) is 5.32 Å². The number of benzene rings is 1. The molecule has 6 aromatic heterocycles. The van der Waals surface area contributed by atoms with Crippen molar-refractivity contribution in [3.05, 3.63) is 112 Å². The summed E-state index contributed by atoms with van der Waals surface area (Å²) in [6, 6.07) is 18.1. The number of aromatic nitrogens is 6. The average Bonchev–Trinajstić information content (AvgIpc) is 3.59. The summed E-state index contributed by atoms with van der Waals surface area (Å²) >= 11 is 9.43. The number of anilines is 1. The minimum absolute atomic E-state index is 0.235. The number of nitrogens with one attached hydrogen (secondary N) is 1. The van der Waals surface area contributed by atoms with Crippen LogP contribution in [0.2, 0.25) is 5.15 Å². The number of rotatable bonds is 5. The van der Waals surface area contributed by atoms with E-state index in [4.69, 9.17) is 16.6 Å². The van der Waals surface area contributed by atoms with Crippen molar-refractivity contribution in [2.24, 2.45) is 0 Å². The summed E-state index contributed by atoms with van der Waals surface area (Å²) in [5.41, 5.74) is 2.84. The number of fused-ring (bicyclic) bond motifs is 2. The third-order valence-corrected chi connectivity index (χ3v) is 8.41. The number of halogens is 2. The van der Waals surface area contributed by atoms with Gasteiger partial charge in [-0.2, -0.15) is 0 Å². The van der Waals surface area contributed by atoms with Crippen LogP contribution in [0.15, 0.2) is 85.5 Å². The van der Waals surface area contributed by atoms with Crippen molar-refractivity contribution in [3.63, 3.8) is 0 Å². The van der Waals surface area contributed by atoms with Gasteiger partial charge >= 0.3 is 0 Å². The van der Waals surface area contributed by atoms with Gasteiger partial charge in [0, 0.05) is 57.6 Å². The molecule has 0 saturated carbocycles. The Morgan fingerprint density at radius 2 is 1.21 bits per heavy atom. The molecular weight excluding hydrogens is 589 g/mol. The Hall–Kier alpha value is -4.38. The highest BCUT2D eigenvalue weighted by Crippen LogP contribution is 2.32. The Morgan fingerprint density at radius 1 is 0.690 bits per heavy atom. The Balaban J connectivity index is 0.000000162. The molecule has 1 N–H and O–H groups in total. The topological polar surface area (TPSA) is 89.4 Å². The molecule has 7 aromatic rings. The Kier molecular flexibility index (Phi) is 8.09. The van der Waals surface area contributed by atoms with Crippen molar-refractivity contribution in [1.82, 2.24) is 29.9 Å². The van der Waals surface area contributed by atoms with Gasteiger partial charge in [-0.15, -0.1) is 22.7 Å². The standard InChI is InChI=1S/C19H15FN4S.C12H8ClN3S/c1-12-10-16-18(22-11-13-2-4-15(20)5-3-13)23-17(24-19(16)25-12)14-6-8-21-9-7-14;1-7-6-9-10(13)15-11(16-12(9)17-7)8-2-4-14-5-3-8/h2-10H,11H2,1H3,(H,22,23,24);2-6H,1H3. The highest BCUT2D eigenvalue weighted by Gasteiger charge is 2.12. The first-order valence-corrected chi connectivity index (χ1v) is 14.9. The summed E-state index contributed by atoms with van der Waals surface area (Å²) in [7, 11) is 0. The second-order valence-corrected chi connectivity index (χ2v) is 12.2. The van der Waals surface area contributed by atoms with Gasteiger partial charge in [0.15, 0.2) is 11.6 Å². The van der Waals surface area contributed by atoms with Crippen LogP contribution in [0.4, 0.5) is 10.2 Å². The molecule has 0 unspecified atom stereocenters. The quantitative estimate of drug-likeness (QED) is 0.195. The summed E-state index contributed by atoms with van der Waals surface area (Å²) in [5.74, 6) is 1.86. The lowest BCUT2D eigenvalue weighted by Crippen LogP contribution is -2.03. The Labute approximate surface area is 254 Å². The number of hydrogen-bond acceptors (Lipinski definition) is 9. The van der Waals surface area contributed by atoms with E-state index in [9.17, 15) is 4.39 Å². The molecule has 0 saturated heterocycles. The molecule has 0 spiro atoms. The van der Waals surface area contributed by atoms with Crippen LogP contribution < -0.4 is 5.32 Å². The summed E-state index contributed by atoms with van der Waals surface area (Å²) < 4.78 is 13.1. The fourth-order valence-corrected chi connectivity index (χ4v) is 6.27. The van der Waals surface area contributed by atoms with Gasteiger partial charge in [-0.25, -0.2) is 24.3 Å². The van der Waals surface area contributed by atoms with Gasteiger partial charge in [0.2, 0.25) is 0 Å². The zero-order valence-corrected chi connectivity index (χ0v) is 24.9. The van der Waals surface area contributed by atoms with E-state index < -0.39 is 0 Å². The fourth-order valence-electron chi connectivity index (χ4n) is 4.23. The van der Waals surface area contributed by atoms with Crippen molar-refractivity contribution in [2.45, 2.75) is 20.4 Å². The van der Waals surface area contributed by atoms with Crippen LogP contribution in [0, 0.1) is 19.7 Å². The van der Waals surface area contributed by atoms with E-state index in [1.54, 1.807) is 59.6 Å². The van der Waals surface area contributed by atoms with Crippen LogP contribution in [0.5, 0.6) is 0 Å². The predicted molar refractivity (Wildman–Crippen MR) is 170 cm³/mol. The first-order valence-electron chi connectivity index (χ1n) is 12.9. The maximum atomic E-state index is 13.1. The first kappa shape index (κ1) is 27.8. The zero-order chi connectivity index (χ0) is 29.1. The normalized spacial score (nSPS) is 11.0. The minimum atomic E-state index is -0.235. The largest absolute Gasteiger partial charge is 0.365 e. The van der Waals surface area contributed by atoms with E-state index in [1.165, 1.54) is 21.9 Å². The molecule has 208 valence electrons. The van der Waals surface area contributed by atoms with Gasteiger partial charge in [-0.1, -0.05) is 23.7 Å². The lowest BCUT2D eigenvalue weighted by Gasteiger charge is -2.09. The maximum Gasteiger partial charge on any atom is 0.163 e. The lowest BCUT2D eigenvalue weighted by molar-refractivity contribution is 0.627. The van der Waals surface area contributed by atoms with Gasteiger partial charge < -0.3 is 5.32 Å². The van der Waals surface area contributed by atoms with Crippen LogP contribution in [0.25, 0.3) is 43.2 Å². The van der Waals surface area contributed by atoms with Gasteiger partial charge in [-0.3, -0.25) is 9.97 Å². The van der Waals surface area contributed by atoms with Gasteiger partial charge in [-0.05, 0) is 67.9 Å². The summed E-state index contributed by atoms with van der Waals surface area (Å²) in [6.45, 7) is 4.66. The van der Waals surface area contributed by atoms with Gasteiger partial charge in [0.25, 0.3) is 0 Å². The number of thiophene rings is 2. The van der Waals surface area contributed by atoms with Crippen LogP contribution in [0.3, 0.4) is 0 Å². The average molecular weight is 612 g/mol. The summed E-state index contributed by atoms with van der Waals surface area (Å²) in [4.78, 5) is 30.5. The smallest absolute Gasteiger partial charge is 0.163 e. The van der Waals surface area contributed by atoms with Crippen molar-refractivity contribution < 1.29 is 4.39 Å². The van der Waals surface area contributed by atoms with Crippen LogP contribution in [-0.2, 0) is 6.54 Å². The number of pyridine rings is 2. The molecule has 0 aliphatic heterocycles. The second kappa shape index (κ2) is 12.2. The molecule has 7 rings (SSSR count). The minimum Gasteiger partial charge on any atom is -0.365 e. The van der Waals surface area contributed by atoms with Crippen LogP contribution in [0.1, 0.15) is 15.3 Å². The highest BCUT2D eigenvalue weighted by molar-refractivity contribution is 7.19. The molecule has 7 nitrogen and oxygen atoms in total. The Morgan fingerprint density at radius 3 is 1.81 bits per heavy atom. The van der Waals surface area contributed by atoms with E-state index in [0.717, 1.165) is 42.9 Å². The molecule has 0 amide bonds. The van der Waals surface area contributed by atoms with E-state index in [1.807, 2.05) is 37.3 Å². The monoisotopic (exact) mass is 611 g/mol. The molecule has 0 bridgehead atoms. The van der Waals surface area contributed by atoms with Gasteiger partial charge in [0.1, 0.15) is 26.4 Å².